The molecule has 0 heterocycles. The van der Waals surface area contributed by atoms with E-state index in [1.165, 1.54) is 32.4 Å². The highest BCUT2D eigenvalue weighted by atomic mass is 16.5. The molecule has 0 radical (unpaired) electrons. The van der Waals surface area contributed by atoms with Gasteiger partial charge in [0.2, 0.25) is 0 Å². The summed E-state index contributed by atoms with van der Waals surface area (Å²) in [5.74, 6) is 1.23. The lowest BCUT2D eigenvalue weighted by Crippen LogP contribution is -1.96. The summed E-state index contributed by atoms with van der Waals surface area (Å²) in [6.45, 7) is 8.73. The van der Waals surface area contributed by atoms with Crippen molar-refractivity contribution in [3.8, 4) is 0 Å². The molecule has 0 saturated carbocycles. The van der Waals surface area contributed by atoms with Gasteiger partial charge in [0.25, 0.3) is 0 Å². The first kappa shape index (κ1) is 16.9. The number of methoxy groups -OCH3 is 1. The Labute approximate surface area is 112 Å². The number of ether oxygens (including phenoxy) is 1. The number of carbonyl (C=O) groups excluding carboxylic acids is 1. The molecule has 0 bridgehead atoms. The van der Waals surface area contributed by atoms with Crippen LogP contribution >= 0.6 is 0 Å². The molecule has 0 aliphatic carbocycles. The molecule has 1 atom stereocenters. The van der Waals surface area contributed by atoms with Crippen molar-refractivity contribution in [3.63, 3.8) is 0 Å². The molecule has 0 aromatic heterocycles. The average molecular weight is 252 g/mol. The standard InChI is InChI=1S/C16H28O2/c1-13(2)8-6-9-14(3)10-7-11-15(4)12-16(17)18-5/h7,11-14H,6,8-10H2,1-5H3/b11-7-,15-12?. The van der Waals surface area contributed by atoms with Crippen LogP contribution in [0.25, 0.3) is 0 Å². The Morgan fingerprint density at radius 3 is 2.44 bits per heavy atom. The normalized spacial score (nSPS) is 14.2. The quantitative estimate of drug-likeness (QED) is 0.361. The van der Waals surface area contributed by atoms with E-state index >= 15 is 0 Å². The number of esters is 1. The van der Waals surface area contributed by atoms with Crippen LogP contribution in [0.4, 0.5) is 0 Å². The number of hydrogen-bond acceptors (Lipinski definition) is 2. The van der Waals surface area contributed by atoms with E-state index in [0.717, 1.165) is 17.9 Å². The minimum Gasteiger partial charge on any atom is -0.466 e. The fourth-order valence-electron chi connectivity index (χ4n) is 1.77. The molecule has 2 heteroatoms. The Balaban J connectivity index is 3.86. The molecule has 0 spiro atoms. The zero-order valence-electron chi connectivity index (χ0n) is 12.5. The molecular weight excluding hydrogens is 224 g/mol. The van der Waals surface area contributed by atoms with E-state index in [2.05, 4.69) is 31.6 Å². The first-order valence-corrected chi connectivity index (χ1v) is 6.88. The van der Waals surface area contributed by atoms with E-state index in [1.807, 2.05) is 13.0 Å². The molecule has 0 aliphatic rings. The third-order valence-electron chi connectivity index (χ3n) is 2.94. The van der Waals surface area contributed by atoms with Gasteiger partial charge in [-0.3, -0.25) is 0 Å². The van der Waals surface area contributed by atoms with Gasteiger partial charge in [-0.2, -0.15) is 0 Å². The maximum atomic E-state index is 11.0. The number of carbonyl (C=O) groups is 1. The van der Waals surface area contributed by atoms with Crippen molar-refractivity contribution in [2.75, 3.05) is 7.11 Å². The lowest BCUT2D eigenvalue weighted by Gasteiger charge is -2.09. The molecule has 18 heavy (non-hydrogen) atoms. The Kier molecular flexibility index (Phi) is 9.35. The summed E-state index contributed by atoms with van der Waals surface area (Å²) in [4.78, 5) is 11.0. The minimum atomic E-state index is -0.290. The maximum Gasteiger partial charge on any atom is 0.330 e. The van der Waals surface area contributed by atoms with Crippen molar-refractivity contribution in [3.05, 3.63) is 23.8 Å². The van der Waals surface area contributed by atoms with E-state index in [9.17, 15) is 4.79 Å². The highest BCUT2D eigenvalue weighted by molar-refractivity contribution is 5.83. The zero-order chi connectivity index (χ0) is 14.0. The largest absolute Gasteiger partial charge is 0.466 e. The van der Waals surface area contributed by atoms with Crippen molar-refractivity contribution in [1.82, 2.24) is 0 Å². The van der Waals surface area contributed by atoms with Crippen molar-refractivity contribution >= 4 is 5.97 Å². The Bertz CT molecular complexity index is 287. The maximum absolute atomic E-state index is 11.0. The Hall–Kier alpha value is -1.05. The molecule has 0 N–H and O–H groups in total. The number of allylic oxidation sites excluding steroid dienone is 3. The van der Waals surface area contributed by atoms with Crippen LogP contribution in [-0.4, -0.2) is 13.1 Å². The first-order valence-electron chi connectivity index (χ1n) is 6.88. The van der Waals surface area contributed by atoms with Gasteiger partial charge < -0.3 is 4.74 Å². The first-order chi connectivity index (χ1) is 8.45. The van der Waals surface area contributed by atoms with Crippen LogP contribution in [0.15, 0.2) is 23.8 Å². The second-order valence-corrected chi connectivity index (χ2v) is 5.48. The zero-order valence-corrected chi connectivity index (χ0v) is 12.5. The van der Waals surface area contributed by atoms with Crippen LogP contribution in [0.3, 0.4) is 0 Å². The van der Waals surface area contributed by atoms with E-state index in [1.54, 1.807) is 0 Å². The molecule has 0 fully saturated rings. The molecular formula is C16H28O2. The SMILES string of the molecule is COC(=O)C=C(C)/C=C\CC(C)CCCC(C)C. The van der Waals surface area contributed by atoms with Crippen molar-refractivity contribution in [2.24, 2.45) is 11.8 Å². The van der Waals surface area contributed by atoms with Gasteiger partial charge in [-0.05, 0) is 30.8 Å². The second-order valence-electron chi connectivity index (χ2n) is 5.48. The number of hydrogen-bond donors (Lipinski definition) is 0. The summed E-state index contributed by atoms with van der Waals surface area (Å²) >= 11 is 0. The summed E-state index contributed by atoms with van der Waals surface area (Å²) in [5.41, 5.74) is 0.941. The molecule has 104 valence electrons. The molecule has 0 rings (SSSR count). The molecule has 0 amide bonds. The lowest BCUT2D eigenvalue weighted by molar-refractivity contribution is -0.134. The summed E-state index contributed by atoms with van der Waals surface area (Å²) in [7, 11) is 1.40. The molecule has 0 aromatic rings. The number of rotatable bonds is 8. The summed E-state index contributed by atoms with van der Waals surface area (Å²) in [6, 6.07) is 0. The van der Waals surface area contributed by atoms with Crippen molar-refractivity contribution in [2.45, 2.75) is 53.4 Å². The van der Waals surface area contributed by atoms with E-state index < -0.39 is 0 Å². The third kappa shape index (κ3) is 10.1. The van der Waals surface area contributed by atoms with Crippen LogP contribution in [0, 0.1) is 11.8 Å². The van der Waals surface area contributed by atoms with Gasteiger partial charge in [0.1, 0.15) is 0 Å². The fraction of sp³-hybridized carbons (Fsp3) is 0.688. The van der Waals surface area contributed by atoms with Gasteiger partial charge in [-0.15, -0.1) is 0 Å². The fourth-order valence-corrected chi connectivity index (χ4v) is 1.77. The van der Waals surface area contributed by atoms with Gasteiger partial charge in [0.05, 0.1) is 7.11 Å². The Morgan fingerprint density at radius 2 is 1.89 bits per heavy atom. The smallest absolute Gasteiger partial charge is 0.330 e. The Morgan fingerprint density at radius 1 is 1.22 bits per heavy atom. The van der Waals surface area contributed by atoms with Gasteiger partial charge >= 0.3 is 5.97 Å². The lowest BCUT2D eigenvalue weighted by atomic mass is 9.97. The summed E-state index contributed by atoms with van der Waals surface area (Å²) < 4.78 is 4.57. The monoisotopic (exact) mass is 252 g/mol. The van der Waals surface area contributed by atoms with Crippen LogP contribution < -0.4 is 0 Å². The average Bonchev–Trinajstić information content (AvgIpc) is 2.28. The molecule has 0 aromatic carbocycles. The predicted molar refractivity (Wildman–Crippen MR) is 77.4 cm³/mol. The highest BCUT2D eigenvalue weighted by Gasteiger charge is 2.01. The van der Waals surface area contributed by atoms with Crippen LogP contribution in [-0.2, 0) is 9.53 Å². The topological polar surface area (TPSA) is 26.3 Å². The predicted octanol–water partition coefficient (Wildman–Crippen LogP) is 4.51. The van der Waals surface area contributed by atoms with Crippen LogP contribution in [0.1, 0.15) is 53.4 Å². The van der Waals surface area contributed by atoms with E-state index in [0.29, 0.717) is 5.92 Å². The van der Waals surface area contributed by atoms with Gasteiger partial charge in [-0.1, -0.05) is 52.2 Å². The van der Waals surface area contributed by atoms with Gasteiger partial charge in [0.15, 0.2) is 0 Å². The molecule has 1 unspecified atom stereocenters. The van der Waals surface area contributed by atoms with Gasteiger partial charge in [0, 0.05) is 6.08 Å². The third-order valence-corrected chi connectivity index (χ3v) is 2.94. The summed E-state index contributed by atoms with van der Waals surface area (Å²) in [6.07, 6.45) is 10.6. The molecule has 0 aliphatic heterocycles. The second kappa shape index (κ2) is 9.93. The van der Waals surface area contributed by atoms with Crippen molar-refractivity contribution < 1.29 is 9.53 Å². The van der Waals surface area contributed by atoms with Gasteiger partial charge in [-0.25, -0.2) is 4.79 Å². The highest BCUT2D eigenvalue weighted by Crippen LogP contribution is 2.15. The van der Waals surface area contributed by atoms with E-state index in [-0.39, 0.29) is 5.97 Å². The minimum absolute atomic E-state index is 0.290. The molecule has 0 saturated heterocycles. The van der Waals surface area contributed by atoms with Crippen LogP contribution in [0.2, 0.25) is 0 Å². The van der Waals surface area contributed by atoms with Crippen LogP contribution in [0.5, 0.6) is 0 Å². The summed E-state index contributed by atoms with van der Waals surface area (Å²) in [5, 5.41) is 0. The molecule has 2 nitrogen and oxygen atoms in total. The van der Waals surface area contributed by atoms with Crippen molar-refractivity contribution in [1.29, 1.82) is 0 Å². The van der Waals surface area contributed by atoms with E-state index in [4.69, 9.17) is 0 Å².